The highest BCUT2D eigenvalue weighted by atomic mass is 15.2. The monoisotopic (exact) mass is 202 g/mol. The third-order valence-electron chi connectivity index (χ3n) is 3.68. The van der Waals surface area contributed by atoms with Crippen LogP contribution < -0.4 is 10.2 Å². The molecule has 15 heavy (non-hydrogen) atoms. The Labute approximate surface area is 91.3 Å². The Kier molecular flexibility index (Phi) is 2.08. The quantitative estimate of drug-likeness (QED) is 0.753. The van der Waals surface area contributed by atoms with E-state index in [1.54, 1.807) is 0 Å². The van der Waals surface area contributed by atoms with Crippen LogP contribution in [0.3, 0.4) is 0 Å². The molecule has 0 radical (unpaired) electrons. The van der Waals surface area contributed by atoms with Crippen molar-refractivity contribution in [3.05, 3.63) is 23.8 Å². The second-order valence-electron chi connectivity index (χ2n) is 4.58. The minimum absolute atomic E-state index is 0.741. The predicted molar refractivity (Wildman–Crippen MR) is 64.7 cm³/mol. The number of rotatable bonds is 1. The predicted octanol–water partition coefficient (Wildman–Crippen LogP) is 2.64. The van der Waals surface area contributed by atoms with Gasteiger partial charge in [-0.15, -0.1) is 0 Å². The molecule has 3 rings (SSSR count). The van der Waals surface area contributed by atoms with Gasteiger partial charge in [-0.3, -0.25) is 0 Å². The summed E-state index contributed by atoms with van der Waals surface area (Å²) in [5.74, 6) is 0. The van der Waals surface area contributed by atoms with Crippen molar-refractivity contribution in [1.82, 2.24) is 0 Å². The average molecular weight is 202 g/mol. The Bertz CT molecular complexity index is 373. The average Bonchev–Trinajstić information content (AvgIpc) is 2.76. The molecule has 0 spiro atoms. The summed E-state index contributed by atoms with van der Waals surface area (Å²) in [5.41, 5.74) is 4.19. The van der Waals surface area contributed by atoms with Gasteiger partial charge < -0.3 is 10.2 Å². The topological polar surface area (TPSA) is 15.3 Å². The fourth-order valence-electron chi connectivity index (χ4n) is 2.79. The second kappa shape index (κ2) is 3.44. The molecule has 1 atom stereocenters. The van der Waals surface area contributed by atoms with Crippen LogP contribution in [0.4, 0.5) is 11.4 Å². The highest BCUT2D eigenvalue weighted by Crippen LogP contribution is 2.36. The summed E-state index contributed by atoms with van der Waals surface area (Å²) < 4.78 is 0. The first-order valence-electron chi connectivity index (χ1n) is 6.02. The lowest BCUT2D eigenvalue weighted by molar-refractivity contribution is 0.683. The van der Waals surface area contributed by atoms with Crippen molar-refractivity contribution in [3.63, 3.8) is 0 Å². The standard InChI is InChI=1S/C13H18N2/c1-2-10-5-6-13-12(8-10)14-9-11-4-3-7-15(11)13/h5-6,8,11,14H,2-4,7,9H2,1H3. The molecule has 1 aromatic rings. The summed E-state index contributed by atoms with van der Waals surface area (Å²) in [6.45, 7) is 4.58. The molecule has 2 heteroatoms. The first kappa shape index (κ1) is 9.08. The fraction of sp³-hybridized carbons (Fsp3) is 0.538. The molecule has 0 aromatic heterocycles. The highest BCUT2D eigenvalue weighted by molar-refractivity contribution is 5.74. The second-order valence-corrected chi connectivity index (χ2v) is 4.58. The zero-order valence-corrected chi connectivity index (χ0v) is 9.29. The molecule has 0 aliphatic carbocycles. The van der Waals surface area contributed by atoms with Gasteiger partial charge in [0.15, 0.2) is 0 Å². The van der Waals surface area contributed by atoms with E-state index in [1.807, 2.05) is 0 Å². The number of fused-ring (bicyclic) bond motifs is 3. The summed E-state index contributed by atoms with van der Waals surface area (Å²) in [5, 5.41) is 3.57. The molecule has 2 aliphatic heterocycles. The number of nitrogens with one attached hydrogen (secondary N) is 1. The fourth-order valence-corrected chi connectivity index (χ4v) is 2.79. The van der Waals surface area contributed by atoms with Gasteiger partial charge in [-0.1, -0.05) is 13.0 Å². The number of anilines is 2. The molecular formula is C13H18N2. The van der Waals surface area contributed by atoms with Crippen molar-refractivity contribution in [3.8, 4) is 0 Å². The lowest BCUT2D eigenvalue weighted by Crippen LogP contribution is -2.39. The highest BCUT2D eigenvalue weighted by Gasteiger charge is 2.29. The number of aryl methyl sites for hydroxylation is 1. The number of hydrogen-bond acceptors (Lipinski definition) is 2. The Balaban J connectivity index is 2.00. The van der Waals surface area contributed by atoms with Crippen LogP contribution in [0.5, 0.6) is 0 Å². The Morgan fingerprint density at radius 2 is 2.40 bits per heavy atom. The number of benzene rings is 1. The molecule has 80 valence electrons. The third kappa shape index (κ3) is 1.39. The van der Waals surface area contributed by atoms with Crippen LogP contribution in [0.25, 0.3) is 0 Å². The van der Waals surface area contributed by atoms with Crippen molar-refractivity contribution in [2.75, 3.05) is 23.3 Å². The first-order chi connectivity index (χ1) is 7.38. The van der Waals surface area contributed by atoms with Crippen molar-refractivity contribution >= 4 is 11.4 Å². The minimum atomic E-state index is 0.741. The first-order valence-corrected chi connectivity index (χ1v) is 6.02. The van der Waals surface area contributed by atoms with Crippen LogP contribution in [0, 0.1) is 0 Å². The summed E-state index contributed by atoms with van der Waals surface area (Å²) in [6, 6.07) is 7.61. The molecule has 0 saturated carbocycles. The summed E-state index contributed by atoms with van der Waals surface area (Å²) >= 11 is 0. The smallest absolute Gasteiger partial charge is 0.0605 e. The van der Waals surface area contributed by atoms with Crippen LogP contribution in [-0.4, -0.2) is 19.1 Å². The van der Waals surface area contributed by atoms with E-state index in [1.165, 1.54) is 36.3 Å². The molecule has 1 N–H and O–H groups in total. The maximum atomic E-state index is 3.57. The van der Waals surface area contributed by atoms with Gasteiger partial charge in [-0.05, 0) is 37.0 Å². The molecule has 1 fully saturated rings. The summed E-state index contributed by atoms with van der Waals surface area (Å²) in [4.78, 5) is 2.57. The van der Waals surface area contributed by atoms with Crippen molar-refractivity contribution in [2.24, 2.45) is 0 Å². The van der Waals surface area contributed by atoms with E-state index in [4.69, 9.17) is 0 Å². The number of nitrogens with zero attached hydrogens (tertiary/aromatic N) is 1. The van der Waals surface area contributed by atoms with E-state index in [2.05, 4.69) is 35.3 Å². The summed E-state index contributed by atoms with van der Waals surface area (Å²) in [7, 11) is 0. The van der Waals surface area contributed by atoms with Crippen LogP contribution in [0.2, 0.25) is 0 Å². The largest absolute Gasteiger partial charge is 0.381 e. The Hall–Kier alpha value is -1.18. The van der Waals surface area contributed by atoms with Crippen LogP contribution >= 0.6 is 0 Å². The van der Waals surface area contributed by atoms with E-state index >= 15 is 0 Å². The summed E-state index contributed by atoms with van der Waals surface area (Å²) in [6.07, 6.45) is 3.82. The molecular weight excluding hydrogens is 184 g/mol. The molecule has 1 saturated heterocycles. The lowest BCUT2D eigenvalue weighted by Gasteiger charge is -2.34. The molecule has 1 unspecified atom stereocenters. The molecule has 0 bridgehead atoms. The SMILES string of the molecule is CCc1ccc2c(c1)NCC1CCCN21. The zero-order chi connectivity index (χ0) is 10.3. The maximum absolute atomic E-state index is 3.57. The minimum Gasteiger partial charge on any atom is -0.381 e. The molecule has 2 nitrogen and oxygen atoms in total. The van der Waals surface area contributed by atoms with Gasteiger partial charge >= 0.3 is 0 Å². The van der Waals surface area contributed by atoms with E-state index in [0.717, 1.165) is 19.0 Å². The van der Waals surface area contributed by atoms with E-state index in [0.29, 0.717) is 0 Å². The third-order valence-corrected chi connectivity index (χ3v) is 3.68. The van der Waals surface area contributed by atoms with Crippen LogP contribution in [0.1, 0.15) is 25.3 Å². The molecule has 0 amide bonds. The van der Waals surface area contributed by atoms with Gasteiger partial charge in [0.2, 0.25) is 0 Å². The van der Waals surface area contributed by atoms with Crippen LogP contribution in [-0.2, 0) is 6.42 Å². The molecule has 2 aliphatic rings. The van der Waals surface area contributed by atoms with Crippen molar-refractivity contribution < 1.29 is 0 Å². The Morgan fingerprint density at radius 3 is 3.27 bits per heavy atom. The van der Waals surface area contributed by atoms with E-state index in [-0.39, 0.29) is 0 Å². The van der Waals surface area contributed by atoms with Crippen LogP contribution in [0.15, 0.2) is 18.2 Å². The van der Waals surface area contributed by atoms with Crippen molar-refractivity contribution in [1.29, 1.82) is 0 Å². The van der Waals surface area contributed by atoms with E-state index < -0.39 is 0 Å². The molecule has 2 heterocycles. The van der Waals surface area contributed by atoms with Gasteiger partial charge in [-0.25, -0.2) is 0 Å². The number of hydrogen-bond donors (Lipinski definition) is 1. The van der Waals surface area contributed by atoms with Gasteiger partial charge in [0.25, 0.3) is 0 Å². The van der Waals surface area contributed by atoms with Crippen molar-refractivity contribution in [2.45, 2.75) is 32.2 Å². The van der Waals surface area contributed by atoms with Gasteiger partial charge in [0, 0.05) is 19.1 Å². The van der Waals surface area contributed by atoms with Gasteiger partial charge in [0.1, 0.15) is 0 Å². The van der Waals surface area contributed by atoms with E-state index in [9.17, 15) is 0 Å². The van der Waals surface area contributed by atoms with Gasteiger partial charge in [-0.2, -0.15) is 0 Å². The lowest BCUT2D eigenvalue weighted by atomic mass is 10.1. The maximum Gasteiger partial charge on any atom is 0.0605 e. The molecule has 1 aromatic carbocycles. The van der Waals surface area contributed by atoms with Gasteiger partial charge in [0.05, 0.1) is 11.4 Å². The zero-order valence-electron chi connectivity index (χ0n) is 9.29. The Morgan fingerprint density at radius 1 is 1.47 bits per heavy atom. The normalized spacial score (nSPS) is 23.3.